The van der Waals surface area contributed by atoms with Crippen LogP contribution in [0.1, 0.15) is 22.9 Å². The fourth-order valence-corrected chi connectivity index (χ4v) is 1.94. The van der Waals surface area contributed by atoms with Gasteiger partial charge in [-0.3, -0.25) is 4.99 Å². The van der Waals surface area contributed by atoms with Gasteiger partial charge in [0.1, 0.15) is 5.76 Å². The Kier molecular flexibility index (Phi) is 8.79. The van der Waals surface area contributed by atoms with Gasteiger partial charge < -0.3 is 19.8 Å². The van der Waals surface area contributed by atoms with Gasteiger partial charge in [-0.1, -0.05) is 6.07 Å². The Morgan fingerprint density at radius 1 is 1.22 bits per heavy atom. The maximum absolute atomic E-state index is 12.1. The van der Waals surface area contributed by atoms with Crippen molar-refractivity contribution in [3.63, 3.8) is 0 Å². The van der Waals surface area contributed by atoms with Crippen LogP contribution >= 0.6 is 24.0 Å². The molecule has 0 saturated carbocycles. The zero-order valence-electron chi connectivity index (χ0n) is 15.1. The standard InChI is InChI=1S/C16H20F3N5O2.HI/c1-10-11(2)26-14(24-10)8-23-15(20-3)22-7-12-4-5-13(21-6-12)25-9-16(17,18)19;/h4-6H,7-9H2,1-3H3,(H2,20,22,23);1H. The zero-order chi connectivity index (χ0) is 19.2. The van der Waals surface area contributed by atoms with Gasteiger partial charge in [-0.05, 0) is 19.4 Å². The van der Waals surface area contributed by atoms with Crippen LogP contribution in [0, 0.1) is 13.8 Å². The molecular weight excluding hydrogens is 478 g/mol. The first-order chi connectivity index (χ1) is 12.3. The van der Waals surface area contributed by atoms with Crippen molar-refractivity contribution in [2.24, 2.45) is 4.99 Å². The van der Waals surface area contributed by atoms with Gasteiger partial charge in [-0.2, -0.15) is 13.2 Å². The molecule has 2 heterocycles. The summed E-state index contributed by atoms with van der Waals surface area (Å²) >= 11 is 0. The number of aliphatic imine (C=N–C) groups is 1. The first kappa shape index (κ1) is 23.0. The predicted octanol–water partition coefficient (Wildman–Crippen LogP) is 3.11. The highest BCUT2D eigenvalue weighted by atomic mass is 127. The van der Waals surface area contributed by atoms with E-state index in [4.69, 9.17) is 4.42 Å². The molecule has 0 aromatic carbocycles. The number of halogens is 4. The highest BCUT2D eigenvalue weighted by molar-refractivity contribution is 14.0. The topological polar surface area (TPSA) is 84.6 Å². The van der Waals surface area contributed by atoms with Crippen LogP contribution in [0.2, 0.25) is 0 Å². The molecule has 2 rings (SSSR count). The summed E-state index contributed by atoms with van der Waals surface area (Å²) in [6, 6.07) is 3.01. The van der Waals surface area contributed by atoms with E-state index in [1.807, 2.05) is 13.8 Å². The van der Waals surface area contributed by atoms with Crippen molar-refractivity contribution in [1.29, 1.82) is 0 Å². The van der Waals surface area contributed by atoms with E-state index in [9.17, 15) is 13.2 Å². The van der Waals surface area contributed by atoms with E-state index in [-0.39, 0.29) is 29.9 Å². The number of ether oxygens (including phenoxy) is 1. The third kappa shape index (κ3) is 8.01. The molecular formula is C16H21F3IN5O2. The van der Waals surface area contributed by atoms with Crippen molar-refractivity contribution in [1.82, 2.24) is 20.6 Å². The normalized spacial score (nSPS) is 11.7. The lowest BCUT2D eigenvalue weighted by Gasteiger charge is -2.11. The number of oxazole rings is 1. The molecule has 0 saturated heterocycles. The third-order valence-corrected chi connectivity index (χ3v) is 3.34. The van der Waals surface area contributed by atoms with Crippen molar-refractivity contribution >= 4 is 29.9 Å². The largest absolute Gasteiger partial charge is 0.468 e. The van der Waals surface area contributed by atoms with Crippen LogP contribution in [0.15, 0.2) is 27.7 Å². The Bertz CT molecular complexity index is 728. The van der Waals surface area contributed by atoms with Crippen molar-refractivity contribution in [3.05, 3.63) is 41.2 Å². The molecule has 150 valence electrons. The van der Waals surface area contributed by atoms with Gasteiger partial charge >= 0.3 is 6.18 Å². The van der Waals surface area contributed by atoms with Crippen molar-refractivity contribution in [3.8, 4) is 5.88 Å². The average molecular weight is 499 g/mol. The van der Waals surface area contributed by atoms with Crippen LogP contribution in [0.4, 0.5) is 13.2 Å². The second-order valence-electron chi connectivity index (χ2n) is 5.44. The number of rotatable bonds is 6. The van der Waals surface area contributed by atoms with E-state index >= 15 is 0 Å². The molecule has 7 nitrogen and oxygen atoms in total. The van der Waals surface area contributed by atoms with E-state index in [2.05, 4.69) is 30.3 Å². The Balaban J connectivity index is 0.00000364. The van der Waals surface area contributed by atoms with E-state index in [1.54, 1.807) is 13.1 Å². The van der Waals surface area contributed by atoms with Crippen LogP contribution in [0.5, 0.6) is 5.88 Å². The monoisotopic (exact) mass is 499 g/mol. The molecule has 0 radical (unpaired) electrons. The first-order valence-corrected chi connectivity index (χ1v) is 7.78. The van der Waals surface area contributed by atoms with Crippen molar-refractivity contribution in [2.45, 2.75) is 33.1 Å². The number of hydrogen-bond acceptors (Lipinski definition) is 5. The van der Waals surface area contributed by atoms with Gasteiger partial charge in [-0.15, -0.1) is 24.0 Å². The SMILES string of the molecule is CN=C(NCc1ccc(OCC(F)(F)F)nc1)NCc1nc(C)c(C)o1.I. The maximum atomic E-state index is 12.1. The minimum atomic E-state index is -4.39. The van der Waals surface area contributed by atoms with Crippen LogP contribution < -0.4 is 15.4 Å². The summed E-state index contributed by atoms with van der Waals surface area (Å²) in [6.45, 7) is 3.10. The van der Waals surface area contributed by atoms with Gasteiger partial charge in [0, 0.05) is 25.9 Å². The summed E-state index contributed by atoms with van der Waals surface area (Å²) in [5, 5.41) is 6.12. The van der Waals surface area contributed by atoms with Gasteiger partial charge in [0.2, 0.25) is 11.8 Å². The minimum absolute atomic E-state index is 0. The lowest BCUT2D eigenvalue weighted by molar-refractivity contribution is -0.154. The molecule has 0 spiro atoms. The number of aromatic nitrogens is 2. The average Bonchev–Trinajstić information content (AvgIpc) is 2.91. The molecule has 2 aromatic heterocycles. The molecule has 2 aromatic rings. The molecule has 0 fully saturated rings. The van der Waals surface area contributed by atoms with Gasteiger partial charge in [0.15, 0.2) is 12.6 Å². The van der Waals surface area contributed by atoms with Crippen LogP contribution in [-0.4, -0.2) is 35.8 Å². The predicted molar refractivity (Wildman–Crippen MR) is 104 cm³/mol. The molecule has 0 amide bonds. The quantitative estimate of drug-likeness (QED) is 0.361. The number of guanidine groups is 1. The van der Waals surface area contributed by atoms with Crippen molar-refractivity contribution in [2.75, 3.05) is 13.7 Å². The number of pyridine rings is 1. The molecule has 11 heteroatoms. The lowest BCUT2D eigenvalue weighted by atomic mass is 10.3. The summed E-state index contributed by atoms with van der Waals surface area (Å²) in [4.78, 5) is 12.2. The molecule has 0 aliphatic carbocycles. The summed E-state index contributed by atoms with van der Waals surface area (Å²) in [5.74, 6) is 1.76. The Labute approximate surface area is 171 Å². The summed E-state index contributed by atoms with van der Waals surface area (Å²) < 4.78 is 46.3. The second kappa shape index (κ2) is 10.3. The highest BCUT2D eigenvalue weighted by Gasteiger charge is 2.28. The molecule has 0 unspecified atom stereocenters. The fourth-order valence-electron chi connectivity index (χ4n) is 1.94. The number of aryl methyl sites for hydroxylation is 2. The maximum Gasteiger partial charge on any atom is 0.422 e. The number of hydrogen-bond donors (Lipinski definition) is 2. The fraction of sp³-hybridized carbons (Fsp3) is 0.438. The molecule has 0 aliphatic heterocycles. The number of alkyl halides is 3. The van der Waals surface area contributed by atoms with E-state index < -0.39 is 12.8 Å². The van der Waals surface area contributed by atoms with E-state index in [0.717, 1.165) is 17.0 Å². The summed E-state index contributed by atoms with van der Waals surface area (Å²) in [5.41, 5.74) is 1.60. The summed E-state index contributed by atoms with van der Waals surface area (Å²) in [7, 11) is 1.62. The van der Waals surface area contributed by atoms with Gasteiger partial charge in [0.05, 0.1) is 12.2 Å². The molecule has 0 bridgehead atoms. The van der Waals surface area contributed by atoms with E-state index in [1.165, 1.54) is 12.3 Å². The molecule has 2 N–H and O–H groups in total. The third-order valence-electron chi connectivity index (χ3n) is 3.34. The van der Waals surface area contributed by atoms with Gasteiger partial charge in [0.25, 0.3) is 0 Å². The van der Waals surface area contributed by atoms with Gasteiger partial charge in [-0.25, -0.2) is 9.97 Å². The Morgan fingerprint density at radius 3 is 2.44 bits per heavy atom. The van der Waals surface area contributed by atoms with E-state index in [0.29, 0.717) is 24.9 Å². The molecule has 0 atom stereocenters. The Morgan fingerprint density at radius 2 is 1.93 bits per heavy atom. The molecule has 0 aliphatic rings. The minimum Gasteiger partial charge on any atom is -0.468 e. The molecule has 27 heavy (non-hydrogen) atoms. The highest BCUT2D eigenvalue weighted by Crippen LogP contribution is 2.17. The second-order valence-corrected chi connectivity index (χ2v) is 5.44. The first-order valence-electron chi connectivity index (χ1n) is 7.78. The van der Waals surface area contributed by atoms with Crippen molar-refractivity contribution < 1.29 is 22.3 Å². The number of nitrogens with zero attached hydrogens (tertiary/aromatic N) is 3. The number of nitrogens with one attached hydrogen (secondary N) is 2. The lowest BCUT2D eigenvalue weighted by Crippen LogP contribution is -2.36. The Hall–Kier alpha value is -2.05. The van der Waals surface area contributed by atoms with Crippen LogP contribution in [0.25, 0.3) is 0 Å². The zero-order valence-corrected chi connectivity index (χ0v) is 17.4. The van der Waals surface area contributed by atoms with Crippen LogP contribution in [-0.2, 0) is 13.1 Å². The smallest absolute Gasteiger partial charge is 0.422 e. The van der Waals surface area contributed by atoms with Crippen LogP contribution in [0.3, 0.4) is 0 Å². The summed E-state index contributed by atoms with van der Waals surface area (Å²) in [6.07, 6.45) is -2.95.